The van der Waals surface area contributed by atoms with Gasteiger partial charge >= 0.3 is 0 Å². The summed E-state index contributed by atoms with van der Waals surface area (Å²) in [5.74, 6) is -0.313. The average Bonchev–Trinajstić information content (AvgIpc) is 1.83. The van der Waals surface area contributed by atoms with Crippen LogP contribution in [0.25, 0.3) is 0 Å². The molecule has 1 atom stereocenters. The molecule has 0 heterocycles. The Morgan fingerprint density at radius 3 is 2.50 bits per heavy atom. The van der Waals surface area contributed by atoms with Crippen LogP contribution in [0.5, 0.6) is 0 Å². The van der Waals surface area contributed by atoms with E-state index < -0.39 is 0 Å². The molecule has 0 rings (SSSR count). The number of carbonyl (C=O) groups excluding carboxylic acids is 1. The van der Waals surface area contributed by atoms with Gasteiger partial charge in [0.15, 0.2) is 0 Å². The summed E-state index contributed by atoms with van der Waals surface area (Å²) < 4.78 is 0. The van der Waals surface area contributed by atoms with Gasteiger partial charge in [0.1, 0.15) is 0 Å². The monoisotopic (exact) mass is 164 g/mol. The first kappa shape index (κ1) is 12.2. The lowest BCUT2D eigenvalue weighted by Gasteiger charge is -2.01. The van der Waals surface area contributed by atoms with Crippen molar-refractivity contribution < 1.29 is 4.79 Å². The Kier molecular flexibility index (Phi) is 8.00. The number of primary amides is 1. The molecule has 0 aromatic heterocycles. The van der Waals surface area contributed by atoms with E-state index in [4.69, 9.17) is 11.5 Å². The van der Waals surface area contributed by atoms with Gasteiger partial charge in [-0.05, 0) is 6.42 Å². The van der Waals surface area contributed by atoms with Crippen molar-refractivity contribution in [1.82, 2.24) is 0 Å². The molecule has 0 aromatic carbocycles. The number of hydrogen-bond acceptors (Lipinski definition) is 2. The van der Waals surface area contributed by atoms with E-state index in [-0.39, 0.29) is 24.4 Å². The predicted octanol–water partition coefficient (Wildman–Crippen LogP) is 0.187. The quantitative estimate of drug-likeness (QED) is 0.583. The van der Waals surface area contributed by atoms with E-state index in [1.54, 1.807) is 6.08 Å². The maximum Gasteiger partial charge on any atom is 0.217 e. The fourth-order valence-corrected chi connectivity index (χ4v) is 0.427. The van der Waals surface area contributed by atoms with Gasteiger partial charge in [-0.15, -0.1) is 19.0 Å². The first-order chi connectivity index (χ1) is 4.16. The number of carbonyl (C=O) groups is 1. The van der Waals surface area contributed by atoms with Crippen molar-refractivity contribution in [2.75, 3.05) is 0 Å². The van der Waals surface area contributed by atoms with E-state index in [1.807, 2.05) is 0 Å². The van der Waals surface area contributed by atoms with Crippen molar-refractivity contribution in [3.63, 3.8) is 0 Å². The van der Waals surface area contributed by atoms with Gasteiger partial charge in [0.25, 0.3) is 0 Å². The minimum atomic E-state index is -0.313. The Balaban J connectivity index is 0. The Hall–Kier alpha value is -0.540. The van der Waals surface area contributed by atoms with E-state index >= 15 is 0 Å². The molecule has 0 fully saturated rings. The molecule has 10 heavy (non-hydrogen) atoms. The van der Waals surface area contributed by atoms with E-state index in [1.165, 1.54) is 0 Å². The van der Waals surface area contributed by atoms with Crippen LogP contribution in [-0.2, 0) is 4.79 Å². The largest absolute Gasteiger partial charge is 0.370 e. The number of hydrogen-bond donors (Lipinski definition) is 2. The SMILES string of the molecule is C=CC(N)CCC(N)=O.Cl. The van der Waals surface area contributed by atoms with Gasteiger partial charge in [0.2, 0.25) is 5.91 Å². The van der Waals surface area contributed by atoms with Crippen molar-refractivity contribution in [3.05, 3.63) is 12.7 Å². The van der Waals surface area contributed by atoms with E-state index in [0.717, 1.165) is 0 Å². The van der Waals surface area contributed by atoms with Crippen molar-refractivity contribution in [2.45, 2.75) is 18.9 Å². The third-order valence-electron chi connectivity index (χ3n) is 1.03. The second kappa shape index (κ2) is 6.58. The summed E-state index contributed by atoms with van der Waals surface area (Å²) in [5.41, 5.74) is 10.3. The second-order valence-electron chi connectivity index (χ2n) is 1.90. The van der Waals surface area contributed by atoms with Crippen molar-refractivity contribution >= 4 is 18.3 Å². The van der Waals surface area contributed by atoms with Gasteiger partial charge in [-0.3, -0.25) is 4.79 Å². The normalized spacial score (nSPS) is 11.3. The average molecular weight is 165 g/mol. The number of halogens is 1. The van der Waals surface area contributed by atoms with Crippen LogP contribution in [-0.4, -0.2) is 11.9 Å². The number of amides is 1. The van der Waals surface area contributed by atoms with E-state index in [0.29, 0.717) is 12.8 Å². The lowest BCUT2D eigenvalue weighted by molar-refractivity contribution is -0.118. The highest BCUT2D eigenvalue weighted by Gasteiger charge is 1.98. The highest BCUT2D eigenvalue weighted by Crippen LogP contribution is 1.92. The molecule has 0 bridgehead atoms. The van der Waals surface area contributed by atoms with Gasteiger partial charge in [-0.25, -0.2) is 0 Å². The maximum atomic E-state index is 10.2. The van der Waals surface area contributed by atoms with E-state index in [9.17, 15) is 4.79 Å². The molecule has 0 saturated carbocycles. The molecular formula is C6H13ClN2O. The van der Waals surface area contributed by atoms with Crippen LogP contribution in [0.2, 0.25) is 0 Å². The molecular weight excluding hydrogens is 152 g/mol. The van der Waals surface area contributed by atoms with Crippen LogP contribution in [0.3, 0.4) is 0 Å². The molecule has 0 aliphatic carbocycles. The molecule has 4 N–H and O–H groups in total. The summed E-state index contributed by atoms with van der Waals surface area (Å²) in [4.78, 5) is 10.2. The summed E-state index contributed by atoms with van der Waals surface area (Å²) in [5, 5.41) is 0. The summed E-state index contributed by atoms with van der Waals surface area (Å²) in [6.07, 6.45) is 2.54. The first-order valence-corrected chi connectivity index (χ1v) is 2.83. The molecule has 0 saturated heterocycles. The van der Waals surface area contributed by atoms with Gasteiger partial charge in [-0.2, -0.15) is 0 Å². The zero-order chi connectivity index (χ0) is 7.28. The minimum absolute atomic E-state index is 0. The molecule has 0 radical (unpaired) electrons. The molecule has 0 spiro atoms. The molecule has 60 valence electrons. The third-order valence-corrected chi connectivity index (χ3v) is 1.03. The maximum absolute atomic E-state index is 10.2. The summed E-state index contributed by atoms with van der Waals surface area (Å²) >= 11 is 0. The molecule has 1 amide bonds. The molecule has 0 aliphatic rings. The Morgan fingerprint density at radius 2 is 2.20 bits per heavy atom. The highest BCUT2D eigenvalue weighted by atomic mass is 35.5. The zero-order valence-corrected chi connectivity index (χ0v) is 6.56. The van der Waals surface area contributed by atoms with Gasteiger partial charge in [-0.1, -0.05) is 6.08 Å². The van der Waals surface area contributed by atoms with Crippen LogP contribution in [0, 0.1) is 0 Å². The fraction of sp³-hybridized carbons (Fsp3) is 0.500. The van der Waals surface area contributed by atoms with Crippen molar-refractivity contribution in [2.24, 2.45) is 11.5 Å². The fourth-order valence-electron chi connectivity index (χ4n) is 0.427. The minimum Gasteiger partial charge on any atom is -0.370 e. The van der Waals surface area contributed by atoms with Gasteiger partial charge in [0, 0.05) is 12.5 Å². The molecule has 0 aromatic rings. The van der Waals surface area contributed by atoms with Crippen LogP contribution in [0.15, 0.2) is 12.7 Å². The van der Waals surface area contributed by atoms with Crippen molar-refractivity contribution in [1.29, 1.82) is 0 Å². The van der Waals surface area contributed by atoms with E-state index in [2.05, 4.69) is 6.58 Å². The summed E-state index contributed by atoms with van der Waals surface area (Å²) in [7, 11) is 0. The first-order valence-electron chi connectivity index (χ1n) is 2.83. The Bertz CT molecular complexity index is 116. The van der Waals surface area contributed by atoms with Crippen molar-refractivity contribution in [3.8, 4) is 0 Å². The van der Waals surface area contributed by atoms with Crippen LogP contribution in [0.4, 0.5) is 0 Å². The van der Waals surface area contributed by atoms with Crippen LogP contribution in [0.1, 0.15) is 12.8 Å². The molecule has 0 aliphatic heterocycles. The van der Waals surface area contributed by atoms with Gasteiger partial charge in [0.05, 0.1) is 0 Å². The Morgan fingerprint density at radius 1 is 1.70 bits per heavy atom. The smallest absolute Gasteiger partial charge is 0.217 e. The topological polar surface area (TPSA) is 69.1 Å². The number of nitrogens with two attached hydrogens (primary N) is 2. The van der Waals surface area contributed by atoms with Crippen LogP contribution >= 0.6 is 12.4 Å². The lowest BCUT2D eigenvalue weighted by atomic mass is 10.2. The third kappa shape index (κ3) is 7.46. The van der Waals surface area contributed by atoms with Gasteiger partial charge < -0.3 is 11.5 Å². The summed E-state index contributed by atoms with van der Waals surface area (Å²) in [6, 6.07) is -0.0995. The molecule has 4 heteroatoms. The number of rotatable bonds is 4. The zero-order valence-electron chi connectivity index (χ0n) is 5.75. The van der Waals surface area contributed by atoms with Crippen LogP contribution < -0.4 is 11.5 Å². The highest BCUT2D eigenvalue weighted by molar-refractivity contribution is 5.85. The molecule has 1 unspecified atom stereocenters. The standard InChI is InChI=1S/C6H12N2O.ClH/c1-2-5(7)3-4-6(8)9;/h2,5H,1,3-4,7H2,(H2,8,9);1H. The second-order valence-corrected chi connectivity index (χ2v) is 1.90. The lowest BCUT2D eigenvalue weighted by Crippen LogP contribution is -2.20. The predicted molar refractivity (Wildman–Crippen MR) is 43.8 cm³/mol. The Labute approximate surface area is 66.9 Å². The summed E-state index contributed by atoms with van der Waals surface area (Å²) in [6.45, 7) is 3.46. The molecule has 3 nitrogen and oxygen atoms in total.